The lowest BCUT2D eigenvalue weighted by atomic mass is 10.2. The molecule has 0 saturated heterocycles. The normalized spacial score (nSPS) is 11.5. The Balaban J connectivity index is 1.47. The lowest BCUT2D eigenvalue weighted by molar-refractivity contribution is 0.0950. The van der Waals surface area contributed by atoms with E-state index in [2.05, 4.69) is 15.5 Å². The highest BCUT2D eigenvalue weighted by atomic mass is 32.2. The van der Waals surface area contributed by atoms with Crippen LogP contribution >= 0.6 is 0 Å². The van der Waals surface area contributed by atoms with Crippen LogP contribution < -0.4 is 5.32 Å². The number of fused-ring (bicyclic) bond motifs is 1. The molecular formula is C20H14F2N4O3S. The van der Waals surface area contributed by atoms with Crippen molar-refractivity contribution in [2.75, 3.05) is 0 Å². The molecule has 0 fully saturated rings. The second kappa shape index (κ2) is 7.64. The topological polar surface area (TPSA) is 93.4 Å². The second-order valence-corrected chi connectivity index (χ2v) is 8.37. The van der Waals surface area contributed by atoms with Gasteiger partial charge in [0, 0.05) is 12.6 Å². The summed E-state index contributed by atoms with van der Waals surface area (Å²) in [6.07, 6.45) is 2.96. The molecule has 0 saturated carbocycles. The zero-order valence-corrected chi connectivity index (χ0v) is 16.1. The van der Waals surface area contributed by atoms with E-state index in [-0.39, 0.29) is 17.3 Å². The number of hydrogen-bond acceptors (Lipinski definition) is 5. The Kier molecular flexibility index (Phi) is 5.00. The first-order chi connectivity index (χ1) is 14.3. The standard InChI is InChI=1S/C20H14F2N4O3S/c21-15-8-16(22)10-19(9-15)30(28,29)18-3-1-13(2-4-18)11-23-20(27)14-7-17-5-6-24-26(17)25-12-14/h1-10,12H,11H2,(H,23,27). The van der Waals surface area contributed by atoms with Crippen LogP contribution in [0.25, 0.3) is 5.52 Å². The number of halogens is 2. The average molecular weight is 428 g/mol. The smallest absolute Gasteiger partial charge is 0.253 e. The minimum Gasteiger partial charge on any atom is -0.348 e. The van der Waals surface area contributed by atoms with E-state index in [0.29, 0.717) is 22.7 Å². The molecule has 7 nitrogen and oxygen atoms in total. The fraction of sp³-hybridized carbons (Fsp3) is 0.0500. The van der Waals surface area contributed by atoms with Crippen LogP contribution in [0.15, 0.2) is 76.8 Å². The molecule has 1 amide bonds. The monoisotopic (exact) mass is 428 g/mol. The van der Waals surface area contributed by atoms with E-state index < -0.39 is 26.4 Å². The van der Waals surface area contributed by atoms with Crippen LogP contribution in [-0.4, -0.2) is 29.2 Å². The number of carbonyl (C=O) groups excluding carboxylic acids is 1. The molecule has 4 rings (SSSR count). The molecule has 30 heavy (non-hydrogen) atoms. The SMILES string of the molecule is O=C(NCc1ccc(S(=O)(=O)c2cc(F)cc(F)c2)cc1)c1cnn2nccc2c1. The summed E-state index contributed by atoms with van der Waals surface area (Å²) in [7, 11) is -4.07. The van der Waals surface area contributed by atoms with Gasteiger partial charge in [0.1, 0.15) is 11.6 Å². The largest absolute Gasteiger partial charge is 0.348 e. The summed E-state index contributed by atoms with van der Waals surface area (Å²) >= 11 is 0. The number of amides is 1. The highest BCUT2D eigenvalue weighted by Gasteiger charge is 2.19. The Hall–Kier alpha value is -3.66. The van der Waals surface area contributed by atoms with Crippen molar-refractivity contribution in [2.24, 2.45) is 0 Å². The van der Waals surface area contributed by atoms with Crippen molar-refractivity contribution in [1.29, 1.82) is 0 Å². The van der Waals surface area contributed by atoms with Gasteiger partial charge in [-0.1, -0.05) is 12.1 Å². The number of benzene rings is 2. The first kappa shape index (κ1) is 19.6. The molecular weight excluding hydrogens is 414 g/mol. The van der Waals surface area contributed by atoms with Crippen molar-refractivity contribution in [2.45, 2.75) is 16.3 Å². The fourth-order valence-corrected chi connectivity index (χ4v) is 4.14. The van der Waals surface area contributed by atoms with Crippen molar-refractivity contribution in [3.8, 4) is 0 Å². The van der Waals surface area contributed by atoms with Crippen LogP contribution in [0.1, 0.15) is 15.9 Å². The van der Waals surface area contributed by atoms with Gasteiger partial charge in [-0.2, -0.15) is 14.8 Å². The van der Waals surface area contributed by atoms with Crippen LogP contribution in [0.4, 0.5) is 8.78 Å². The maximum Gasteiger partial charge on any atom is 0.253 e. The molecule has 10 heteroatoms. The number of nitrogens with zero attached hydrogens (tertiary/aromatic N) is 3. The van der Waals surface area contributed by atoms with Crippen molar-refractivity contribution in [1.82, 2.24) is 20.1 Å². The molecule has 2 aromatic carbocycles. The summed E-state index contributed by atoms with van der Waals surface area (Å²) in [5.41, 5.74) is 1.67. The zero-order valence-electron chi connectivity index (χ0n) is 15.3. The molecule has 0 aliphatic heterocycles. The van der Waals surface area contributed by atoms with E-state index in [0.717, 1.165) is 12.1 Å². The first-order valence-corrected chi connectivity index (χ1v) is 10.2. The van der Waals surface area contributed by atoms with Gasteiger partial charge in [-0.15, -0.1) is 0 Å². The molecule has 0 atom stereocenters. The van der Waals surface area contributed by atoms with Crippen LogP contribution in [0, 0.1) is 11.6 Å². The van der Waals surface area contributed by atoms with Crippen molar-refractivity contribution >= 4 is 21.3 Å². The number of aromatic nitrogens is 3. The Labute approximate surface area is 169 Å². The molecule has 2 aromatic heterocycles. The minimum absolute atomic E-state index is 0.113. The molecule has 0 unspecified atom stereocenters. The third-order valence-electron chi connectivity index (χ3n) is 4.36. The lowest BCUT2D eigenvalue weighted by Gasteiger charge is -2.08. The van der Waals surface area contributed by atoms with E-state index in [1.807, 2.05) is 0 Å². The quantitative estimate of drug-likeness (QED) is 0.528. The van der Waals surface area contributed by atoms with E-state index in [9.17, 15) is 22.0 Å². The molecule has 0 spiro atoms. The summed E-state index contributed by atoms with van der Waals surface area (Å²) in [5, 5.41) is 10.7. The zero-order chi connectivity index (χ0) is 21.3. The molecule has 0 aliphatic rings. The van der Waals surface area contributed by atoms with Gasteiger partial charge in [0.2, 0.25) is 9.84 Å². The highest BCUT2D eigenvalue weighted by molar-refractivity contribution is 7.91. The van der Waals surface area contributed by atoms with Gasteiger partial charge in [-0.3, -0.25) is 4.79 Å². The van der Waals surface area contributed by atoms with Crippen molar-refractivity contribution < 1.29 is 22.0 Å². The van der Waals surface area contributed by atoms with Gasteiger partial charge in [-0.05, 0) is 42.0 Å². The Morgan fingerprint density at radius 3 is 2.33 bits per heavy atom. The summed E-state index contributed by atoms with van der Waals surface area (Å²) < 4.78 is 53.3. The molecule has 0 radical (unpaired) electrons. The van der Waals surface area contributed by atoms with E-state index >= 15 is 0 Å². The highest BCUT2D eigenvalue weighted by Crippen LogP contribution is 2.23. The molecule has 1 N–H and O–H groups in total. The summed E-state index contributed by atoms with van der Waals surface area (Å²) in [6, 6.07) is 11.2. The Morgan fingerprint density at radius 1 is 0.933 bits per heavy atom. The van der Waals surface area contributed by atoms with E-state index in [4.69, 9.17) is 0 Å². The molecule has 152 valence electrons. The van der Waals surface area contributed by atoms with Gasteiger partial charge >= 0.3 is 0 Å². The molecule has 0 bridgehead atoms. The lowest BCUT2D eigenvalue weighted by Crippen LogP contribution is -2.23. The van der Waals surface area contributed by atoms with Gasteiger partial charge in [0.15, 0.2) is 0 Å². The van der Waals surface area contributed by atoms with Gasteiger partial charge in [0.05, 0.1) is 33.3 Å². The second-order valence-electron chi connectivity index (χ2n) is 6.42. The van der Waals surface area contributed by atoms with Crippen LogP contribution in [-0.2, 0) is 16.4 Å². The van der Waals surface area contributed by atoms with E-state index in [1.54, 1.807) is 18.3 Å². The molecule has 4 aromatic rings. The molecule has 0 aliphatic carbocycles. The number of rotatable bonds is 5. The number of carbonyl (C=O) groups is 1. The van der Waals surface area contributed by atoms with Crippen LogP contribution in [0.3, 0.4) is 0 Å². The summed E-state index contributed by atoms with van der Waals surface area (Å²) in [6.45, 7) is 0.151. The first-order valence-electron chi connectivity index (χ1n) is 8.71. The Bertz CT molecular complexity index is 1330. The number of nitrogens with one attached hydrogen (secondary N) is 1. The van der Waals surface area contributed by atoms with Crippen molar-refractivity contribution in [3.63, 3.8) is 0 Å². The predicted octanol–water partition coefficient (Wildman–Crippen LogP) is 2.77. The van der Waals surface area contributed by atoms with Crippen LogP contribution in [0.5, 0.6) is 0 Å². The van der Waals surface area contributed by atoms with Gasteiger partial charge < -0.3 is 5.32 Å². The third kappa shape index (κ3) is 3.90. The van der Waals surface area contributed by atoms with Gasteiger partial charge in [0.25, 0.3) is 5.91 Å². The predicted molar refractivity (Wildman–Crippen MR) is 102 cm³/mol. The van der Waals surface area contributed by atoms with Crippen LogP contribution in [0.2, 0.25) is 0 Å². The molecule has 2 heterocycles. The maximum absolute atomic E-state index is 13.4. The minimum atomic E-state index is -4.07. The van der Waals surface area contributed by atoms with Gasteiger partial charge in [-0.25, -0.2) is 17.2 Å². The summed E-state index contributed by atoms with van der Waals surface area (Å²) in [4.78, 5) is 11.7. The summed E-state index contributed by atoms with van der Waals surface area (Å²) in [5.74, 6) is -2.30. The Morgan fingerprint density at radius 2 is 1.63 bits per heavy atom. The fourth-order valence-electron chi connectivity index (χ4n) is 2.84. The maximum atomic E-state index is 13.4. The average Bonchev–Trinajstić information content (AvgIpc) is 3.19. The number of hydrogen-bond donors (Lipinski definition) is 1. The van der Waals surface area contributed by atoms with Crippen molar-refractivity contribution in [3.05, 3.63) is 89.8 Å². The van der Waals surface area contributed by atoms with E-state index in [1.165, 1.54) is 35.1 Å². The third-order valence-corrected chi connectivity index (χ3v) is 6.11. The number of sulfone groups is 1.